The molecule has 0 bridgehead atoms. The van der Waals surface area contributed by atoms with Gasteiger partial charge in [-0.15, -0.1) is 0 Å². The highest BCUT2D eigenvalue weighted by molar-refractivity contribution is 6.55. The minimum absolute atomic E-state index is 0.274. The average Bonchev–Trinajstić information content (AvgIpc) is 2.70. The fourth-order valence-electron chi connectivity index (χ4n) is 2.05. The molecule has 1 N–H and O–H groups in total. The maximum Gasteiger partial charge on any atom is 0.491 e. The van der Waals surface area contributed by atoms with Gasteiger partial charge < -0.3 is 19.1 Å². The van der Waals surface area contributed by atoms with Gasteiger partial charge in [-0.1, -0.05) is 6.08 Å². The summed E-state index contributed by atoms with van der Waals surface area (Å²) in [5.74, 6) is 0. The molecule has 0 unspecified atom stereocenters. The van der Waals surface area contributed by atoms with Gasteiger partial charge in [-0.2, -0.15) is 0 Å². The van der Waals surface area contributed by atoms with Crippen molar-refractivity contribution >= 4 is 14.2 Å². The first-order valence-corrected chi connectivity index (χ1v) is 6.20. The highest BCUT2D eigenvalue weighted by atomic mass is 16.7. The number of rotatable bonds is 2. The second-order valence-corrected chi connectivity index (χ2v) is 5.93. The molecule has 0 amide bonds. The molecular weight excluding hydrogens is 216 g/mol. The lowest BCUT2D eigenvalue weighted by Gasteiger charge is -2.32. The normalized spacial score (nSPS) is 27.4. The van der Waals surface area contributed by atoms with Crippen LogP contribution in [0.1, 0.15) is 27.7 Å². The fourth-order valence-corrected chi connectivity index (χ4v) is 2.05. The van der Waals surface area contributed by atoms with Gasteiger partial charge >= 0.3 is 14.2 Å². The van der Waals surface area contributed by atoms with E-state index in [1.807, 2.05) is 4.81 Å². The lowest BCUT2D eigenvalue weighted by molar-refractivity contribution is 0.00578. The number of hydrogen-bond donors (Lipinski definition) is 1. The maximum atomic E-state index is 9.53. The van der Waals surface area contributed by atoms with Crippen molar-refractivity contribution in [3.63, 3.8) is 0 Å². The Bertz CT molecular complexity index is 326. The Labute approximate surface area is 104 Å². The van der Waals surface area contributed by atoms with Crippen molar-refractivity contribution in [2.24, 2.45) is 0 Å². The van der Waals surface area contributed by atoms with E-state index in [1.165, 1.54) is 0 Å². The van der Waals surface area contributed by atoms with Crippen molar-refractivity contribution in [1.29, 1.82) is 0 Å². The Morgan fingerprint density at radius 3 is 2.24 bits per heavy atom. The first-order valence-electron chi connectivity index (χ1n) is 6.20. The first-order chi connectivity index (χ1) is 7.73. The third-order valence-electron chi connectivity index (χ3n) is 4.06. The van der Waals surface area contributed by atoms with Gasteiger partial charge in [-0.3, -0.25) is 0 Å². The minimum Gasteiger partial charge on any atom is -0.437 e. The second kappa shape index (κ2) is 4.12. The van der Waals surface area contributed by atoms with E-state index in [1.54, 1.807) is 6.82 Å². The molecule has 0 spiro atoms. The molecule has 0 atom stereocenters. The molecule has 6 heteroatoms. The van der Waals surface area contributed by atoms with Crippen molar-refractivity contribution < 1.29 is 14.3 Å². The summed E-state index contributed by atoms with van der Waals surface area (Å²) in [5, 5.41) is 9.53. The van der Waals surface area contributed by atoms with Crippen LogP contribution in [-0.2, 0) is 9.31 Å². The molecule has 0 saturated carbocycles. The molecule has 0 radical (unpaired) electrons. The fraction of sp³-hybridized carbons (Fsp3) is 0.818. The van der Waals surface area contributed by atoms with Crippen LogP contribution in [0.5, 0.6) is 0 Å². The van der Waals surface area contributed by atoms with Gasteiger partial charge in [0.2, 0.25) is 0 Å². The summed E-state index contributed by atoms with van der Waals surface area (Å²) in [6.45, 7) is 11.5. The van der Waals surface area contributed by atoms with E-state index in [-0.39, 0.29) is 18.3 Å². The van der Waals surface area contributed by atoms with Gasteiger partial charge in [-0.05, 0) is 40.0 Å². The Kier molecular flexibility index (Phi) is 3.19. The van der Waals surface area contributed by atoms with Crippen LogP contribution in [0.3, 0.4) is 0 Å². The van der Waals surface area contributed by atoms with Crippen LogP contribution in [0.2, 0.25) is 6.82 Å². The zero-order valence-corrected chi connectivity index (χ0v) is 11.4. The summed E-state index contributed by atoms with van der Waals surface area (Å²) in [4.78, 5) is 1.97. The van der Waals surface area contributed by atoms with Gasteiger partial charge in [-0.25, -0.2) is 0 Å². The Hall–Kier alpha value is -0.290. The van der Waals surface area contributed by atoms with Crippen molar-refractivity contribution in [2.75, 3.05) is 13.1 Å². The maximum absolute atomic E-state index is 9.53. The third-order valence-corrected chi connectivity index (χ3v) is 4.06. The van der Waals surface area contributed by atoms with Crippen LogP contribution in [0, 0.1) is 0 Å². The molecule has 94 valence electrons. The Morgan fingerprint density at radius 2 is 1.82 bits per heavy atom. The molecular formula is C11H21B2NO3. The molecule has 2 aliphatic heterocycles. The summed E-state index contributed by atoms with van der Waals surface area (Å²) in [7, 11) is -0.699. The average molecular weight is 237 g/mol. The monoisotopic (exact) mass is 237 g/mol. The summed E-state index contributed by atoms with van der Waals surface area (Å²) in [6.07, 6.45) is 2.09. The topological polar surface area (TPSA) is 41.9 Å². The van der Waals surface area contributed by atoms with Crippen LogP contribution in [0.15, 0.2) is 11.5 Å². The third kappa shape index (κ3) is 2.32. The molecule has 1 fully saturated rings. The smallest absolute Gasteiger partial charge is 0.437 e. The Balaban J connectivity index is 2.03. The van der Waals surface area contributed by atoms with Gasteiger partial charge in [0, 0.05) is 13.1 Å². The molecule has 0 aliphatic carbocycles. The molecule has 0 aromatic rings. The predicted molar refractivity (Wildman–Crippen MR) is 69.6 cm³/mol. The molecule has 0 aromatic heterocycles. The van der Waals surface area contributed by atoms with Crippen molar-refractivity contribution in [2.45, 2.75) is 45.7 Å². The molecule has 17 heavy (non-hydrogen) atoms. The van der Waals surface area contributed by atoms with Crippen LogP contribution in [0.25, 0.3) is 0 Å². The summed E-state index contributed by atoms with van der Waals surface area (Å²) in [6, 6.07) is 0. The van der Waals surface area contributed by atoms with E-state index in [0.29, 0.717) is 6.54 Å². The van der Waals surface area contributed by atoms with Crippen LogP contribution in [0.4, 0.5) is 0 Å². The van der Waals surface area contributed by atoms with Crippen molar-refractivity contribution in [1.82, 2.24) is 4.81 Å². The highest BCUT2D eigenvalue weighted by Crippen LogP contribution is 2.39. The lowest BCUT2D eigenvalue weighted by Crippen LogP contribution is -2.41. The summed E-state index contributed by atoms with van der Waals surface area (Å²) in [5.41, 5.74) is 0.526. The van der Waals surface area contributed by atoms with Gasteiger partial charge in [0.25, 0.3) is 0 Å². The number of hydrogen-bond acceptors (Lipinski definition) is 4. The Morgan fingerprint density at radius 1 is 1.29 bits per heavy atom. The van der Waals surface area contributed by atoms with Gasteiger partial charge in [0.05, 0.1) is 11.2 Å². The highest BCUT2D eigenvalue weighted by Gasteiger charge is 2.52. The predicted octanol–water partition coefficient (Wildman–Crippen LogP) is 0.970. The van der Waals surface area contributed by atoms with Crippen LogP contribution >= 0.6 is 0 Å². The van der Waals surface area contributed by atoms with Gasteiger partial charge in [0.1, 0.15) is 0 Å². The minimum atomic E-state index is -0.425. The number of nitrogens with zero attached hydrogens (tertiary/aromatic N) is 1. The summed E-state index contributed by atoms with van der Waals surface area (Å²) < 4.78 is 12.0. The van der Waals surface area contributed by atoms with E-state index < -0.39 is 7.05 Å². The van der Waals surface area contributed by atoms with E-state index in [9.17, 15) is 5.02 Å². The molecule has 0 aromatic carbocycles. The molecule has 2 heterocycles. The van der Waals surface area contributed by atoms with Crippen molar-refractivity contribution in [3.05, 3.63) is 11.5 Å². The summed E-state index contributed by atoms with van der Waals surface area (Å²) >= 11 is 0. The first kappa shape index (κ1) is 13.1. The molecule has 2 aliphatic rings. The van der Waals surface area contributed by atoms with Crippen LogP contribution < -0.4 is 0 Å². The standard InChI is InChI=1S/C11H21B2NO3/c1-10(2)11(3,4)17-13(16-10)9-6-7-14(8-9)12(5)15/h6,15H,7-8H2,1-5H3. The molecule has 4 nitrogen and oxygen atoms in total. The van der Waals surface area contributed by atoms with Crippen LogP contribution in [-0.4, -0.2) is 48.3 Å². The van der Waals surface area contributed by atoms with Crippen molar-refractivity contribution in [3.8, 4) is 0 Å². The van der Waals surface area contributed by atoms with E-state index in [0.717, 1.165) is 12.0 Å². The van der Waals surface area contributed by atoms with E-state index in [4.69, 9.17) is 9.31 Å². The van der Waals surface area contributed by atoms with E-state index in [2.05, 4.69) is 33.8 Å². The van der Waals surface area contributed by atoms with Gasteiger partial charge in [0.15, 0.2) is 0 Å². The quantitative estimate of drug-likeness (QED) is 0.726. The zero-order valence-electron chi connectivity index (χ0n) is 11.4. The molecule has 2 rings (SSSR count). The second-order valence-electron chi connectivity index (χ2n) is 5.93. The molecule has 1 saturated heterocycles. The van der Waals surface area contributed by atoms with E-state index >= 15 is 0 Å². The largest absolute Gasteiger partial charge is 0.491 e. The zero-order chi connectivity index (χ0) is 12.8. The SMILES string of the molecule is CB(O)N1CC=C(B2OC(C)(C)C(C)(C)O2)C1. The lowest BCUT2D eigenvalue weighted by atomic mass is 9.77.